The third kappa shape index (κ3) is 3.70. The van der Waals surface area contributed by atoms with Crippen LogP contribution in [0.1, 0.15) is 43.4 Å². The number of urea groups is 1. The fourth-order valence-corrected chi connectivity index (χ4v) is 2.63. The van der Waals surface area contributed by atoms with Gasteiger partial charge in [0.1, 0.15) is 5.82 Å². The lowest BCUT2D eigenvalue weighted by atomic mass is 10.1. The molecule has 0 aliphatic heterocycles. The average Bonchev–Trinajstić information content (AvgIpc) is 2.78. The highest BCUT2D eigenvalue weighted by Crippen LogP contribution is 2.31. The number of carbonyl (C=O) groups excluding carboxylic acids is 1. The van der Waals surface area contributed by atoms with Crippen LogP contribution in [-0.2, 0) is 6.42 Å². The van der Waals surface area contributed by atoms with Gasteiger partial charge in [0.25, 0.3) is 0 Å². The molecular weight excluding hydrogens is 259 g/mol. The zero-order valence-corrected chi connectivity index (χ0v) is 11.7. The number of nitrogens with one attached hydrogen (secondary N) is 2. The third-order valence-electron chi connectivity index (χ3n) is 3.66. The van der Waals surface area contributed by atoms with Gasteiger partial charge >= 0.3 is 6.03 Å². The van der Waals surface area contributed by atoms with E-state index in [4.69, 9.17) is 5.11 Å². The quantitative estimate of drug-likeness (QED) is 0.775. The third-order valence-corrected chi connectivity index (χ3v) is 3.66. The molecule has 0 fully saturated rings. The molecule has 0 aromatic heterocycles. The van der Waals surface area contributed by atoms with Crippen molar-refractivity contribution in [2.75, 3.05) is 6.61 Å². The topological polar surface area (TPSA) is 61.4 Å². The standard InChI is InChI=1S/C15H21FN2O2/c1-10(3-2-8-19)17-15(20)18-14-7-4-11-9-12(16)5-6-13(11)14/h5-6,9-10,14,19H,2-4,7-8H2,1H3,(H2,17,18,20). The molecule has 2 amide bonds. The van der Waals surface area contributed by atoms with Crippen LogP contribution in [-0.4, -0.2) is 23.8 Å². The lowest BCUT2D eigenvalue weighted by molar-refractivity contribution is 0.230. The van der Waals surface area contributed by atoms with E-state index < -0.39 is 0 Å². The lowest BCUT2D eigenvalue weighted by Gasteiger charge is -2.18. The molecule has 1 aromatic rings. The second kappa shape index (κ2) is 6.70. The van der Waals surface area contributed by atoms with Gasteiger partial charge in [-0.1, -0.05) is 6.07 Å². The number of fused-ring (bicyclic) bond motifs is 1. The molecule has 0 heterocycles. The number of benzene rings is 1. The minimum absolute atomic E-state index is 0.0243. The first-order chi connectivity index (χ1) is 9.60. The van der Waals surface area contributed by atoms with Crippen LogP contribution in [0.3, 0.4) is 0 Å². The summed E-state index contributed by atoms with van der Waals surface area (Å²) in [6.07, 6.45) is 3.01. The Bertz CT molecular complexity index is 479. The zero-order chi connectivity index (χ0) is 14.5. The maximum absolute atomic E-state index is 13.1. The minimum Gasteiger partial charge on any atom is -0.396 e. The fraction of sp³-hybridized carbons (Fsp3) is 0.533. The van der Waals surface area contributed by atoms with Gasteiger partial charge in [0, 0.05) is 12.6 Å². The molecule has 1 aromatic carbocycles. The maximum atomic E-state index is 13.1. The molecule has 5 heteroatoms. The minimum atomic E-state index is -0.230. The molecule has 2 atom stereocenters. The van der Waals surface area contributed by atoms with Crippen molar-refractivity contribution in [2.45, 2.75) is 44.7 Å². The average molecular weight is 280 g/mol. The van der Waals surface area contributed by atoms with Crippen LogP contribution in [0.2, 0.25) is 0 Å². The monoisotopic (exact) mass is 280 g/mol. The number of hydrogen-bond donors (Lipinski definition) is 3. The van der Waals surface area contributed by atoms with E-state index in [1.165, 1.54) is 6.07 Å². The van der Waals surface area contributed by atoms with E-state index in [1.807, 2.05) is 6.92 Å². The van der Waals surface area contributed by atoms with E-state index in [0.717, 1.165) is 30.4 Å². The Morgan fingerprint density at radius 1 is 1.55 bits per heavy atom. The first-order valence-electron chi connectivity index (χ1n) is 7.06. The van der Waals surface area contributed by atoms with Gasteiger partial charge in [0.15, 0.2) is 0 Å². The van der Waals surface area contributed by atoms with E-state index in [0.29, 0.717) is 6.42 Å². The molecule has 4 nitrogen and oxygen atoms in total. The number of amides is 2. The van der Waals surface area contributed by atoms with Crippen LogP contribution in [0, 0.1) is 5.82 Å². The smallest absolute Gasteiger partial charge is 0.315 e. The van der Waals surface area contributed by atoms with Gasteiger partial charge in [-0.05, 0) is 55.9 Å². The number of hydrogen-bond acceptors (Lipinski definition) is 2. The molecule has 0 spiro atoms. The molecule has 0 saturated carbocycles. The number of aliphatic hydroxyl groups is 1. The van der Waals surface area contributed by atoms with Crippen molar-refractivity contribution in [1.82, 2.24) is 10.6 Å². The second-order valence-electron chi connectivity index (χ2n) is 5.32. The molecule has 0 saturated heterocycles. The van der Waals surface area contributed by atoms with E-state index in [2.05, 4.69) is 10.6 Å². The van der Waals surface area contributed by atoms with Gasteiger partial charge in [0.2, 0.25) is 0 Å². The summed E-state index contributed by atoms with van der Waals surface area (Å²) in [5.41, 5.74) is 1.98. The van der Waals surface area contributed by atoms with Gasteiger partial charge in [-0.2, -0.15) is 0 Å². The number of halogens is 1. The predicted molar refractivity (Wildman–Crippen MR) is 74.9 cm³/mol. The van der Waals surface area contributed by atoms with Gasteiger partial charge in [-0.25, -0.2) is 9.18 Å². The number of rotatable bonds is 5. The summed E-state index contributed by atoms with van der Waals surface area (Å²) in [7, 11) is 0. The highest BCUT2D eigenvalue weighted by atomic mass is 19.1. The Balaban J connectivity index is 1.88. The predicted octanol–water partition coefficient (Wildman–Crippen LogP) is 2.27. The van der Waals surface area contributed by atoms with E-state index in [-0.39, 0.29) is 30.5 Å². The van der Waals surface area contributed by atoms with Crippen molar-refractivity contribution < 1.29 is 14.3 Å². The highest BCUT2D eigenvalue weighted by molar-refractivity contribution is 5.75. The van der Waals surface area contributed by atoms with Crippen molar-refractivity contribution in [3.63, 3.8) is 0 Å². The molecule has 0 radical (unpaired) electrons. The van der Waals surface area contributed by atoms with Gasteiger partial charge in [-0.3, -0.25) is 0 Å². The molecule has 0 bridgehead atoms. The Morgan fingerprint density at radius 3 is 3.10 bits per heavy atom. The number of aliphatic hydroxyl groups excluding tert-OH is 1. The summed E-state index contributed by atoms with van der Waals surface area (Å²) in [5, 5.41) is 14.5. The Kier molecular flexibility index (Phi) is 4.95. The largest absolute Gasteiger partial charge is 0.396 e. The number of carbonyl (C=O) groups is 1. The Labute approximate surface area is 118 Å². The summed E-state index contributed by atoms with van der Waals surface area (Å²) in [6.45, 7) is 2.04. The summed E-state index contributed by atoms with van der Waals surface area (Å²) in [5.74, 6) is -0.230. The summed E-state index contributed by atoms with van der Waals surface area (Å²) in [4.78, 5) is 11.9. The van der Waals surface area contributed by atoms with Crippen molar-refractivity contribution >= 4 is 6.03 Å². The van der Waals surface area contributed by atoms with Crippen LogP contribution >= 0.6 is 0 Å². The van der Waals surface area contributed by atoms with Crippen molar-refractivity contribution in [3.8, 4) is 0 Å². The fourth-order valence-electron chi connectivity index (χ4n) is 2.63. The SMILES string of the molecule is CC(CCCO)NC(=O)NC1CCc2cc(F)ccc21. The van der Waals surface area contributed by atoms with Gasteiger partial charge in [0.05, 0.1) is 6.04 Å². The molecule has 20 heavy (non-hydrogen) atoms. The summed E-state index contributed by atoms with van der Waals surface area (Å²) < 4.78 is 13.1. The zero-order valence-electron chi connectivity index (χ0n) is 11.7. The first kappa shape index (κ1) is 14.8. The van der Waals surface area contributed by atoms with E-state index >= 15 is 0 Å². The van der Waals surface area contributed by atoms with Gasteiger partial charge < -0.3 is 15.7 Å². The number of aryl methyl sites for hydroxylation is 1. The molecule has 2 rings (SSSR count). The van der Waals surface area contributed by atoms with Crippen molar-refractivity contribution in [1.29, 1.82) is 0 Å². The second-order valence-corrected chi connectivity index (χ2v) is 5.32. The van der Waals surface area contributed by atoms with Crippen LogP contribution in [0.5, 0.6) is 0 Å². The first-order valence-corrected chi connectivity index (χ1v) is 7.06. The molecule has 3 N–H and O–H groups in total. The highest BCUT2D eigenvalue weighted by Gasteiger charge is 2.24. The van der Waals surface area contributed by atoms with Crippen molar-refractivity contribution in [3.05, 3.63) is 35.1 Å². The van der Waals surface area contributed by atoms with Crippen molar-refractivity contribution in [2.24, 2.45) is 0 Å². The van der Waals surface area contributed by atoms with E-state index in [1.54, 1.807) is 12.1 Å². The van der Waals surface area contributed by atoms with Crippen LogP contribution in [0.25, 0.3) is 0 Å². The van der Waals surface area contributed by atoms with E-state index in [9.17, 15) is 9.18 Å². The molecule has 1 aliphatic carbocycles. The van der Waals surface area contributed by atoms with Gasteiger partial charge in [-0.15, -0.1) is 0 Å². The maximum Gasteiger partial charge on any atom is 0.315 e. The molecule has 2 unspecified atom stereocenters. The summed E-state index contributed by atoms with van der Waals surface area (Å²) in [6, 6.07) is 4.49. The van der Waals surface area contributed by atoms with Crippen LogP contribution in [0.4, 0.5) is 9.18 Å². The molecule has 1 aliphatic rings. The summed E-state index contributed by atoms with van der Waals surface area (Å²) >= 11 is 0. The lowest BCUT2D eigenvalue weighted by Crippen LogP contribution is -2.42. The normalized spacial score (nSPS) is 18.4. The molecular formula is C15H21FN2O2. The van der Waals surface area contributed by atoms with Crippen LogP contribution in [0.15, 0.2) is 18.2 Å². The molecule has 110 valence electrons. The Hall–Kier alpha value is -1.62. The van der Waals surface area contributed by atoms with Crippen LogP contribution < -0.4 is 10.6 Å². The Morgan fingerprint density at radius 2 is 2.35 bits per heavy atom.